The number of carbonyl (C=O) groups is 4. The molecule has 1 atom stereocenters. The Labute approximate surface area is 176 Å². The number of amides is 5. The van der Waals surface area contributed by atoms with Crippen LogP contribution in [0.3, 0.4) is 0 Å². The topological polar surface area (TPSA) is 131 Å². The van der Waals surface area contributed by atoms with Gasteiger partial charge >= 0.3 is 12.4 Å². The zero-order valence-electron chi connectivity index (χ0n) is 15.8. The van der Waals surface area contributed by atoms with Crippen LogP contribution in [0.4, 0.5) is 23.0 Å². The Morgan fingerprint density at radius 1 is 1.23 bits per heavy atom. The molecule has 1 aliphatic rings. The second kappa shape index (κ2) is 7.91. The predicted octanol–water partition coefficient (Wildman–Crippen LogP) is 2.15. The third-order valence-electron chi connectivity index (χ3n) is 4.43. The molecule has 2 heterocycles. The summed E-state index contributed by atoms with van der Waals surface area (Å²) in [6.45, 7) is 0.709. The first-order chi connectivity index (χ1) is 14.4. The third kappa shape index (κ3) is 4.60. The molecule has 2 aromatic rings. The number of nitrogens with zero attached hydrogens (tertiary/aromatic N) is 1. The molecule has 3 rings (SSSR count). The van der Waals surface area contributed by atoms with Crippen molar-refractivity contribution in [3.8, 4) is 5.75 Å². The van der Waals surface area contributed by atoms with Gasteiger partial charge in [0.05, 0.1) is 5.56 Å². The van der Waals surface area contributed by atoms with Crippen LogP contribution < -0.4 is 21.1 Å². The number of benzene rings is 1. The fourth-order valence-corrected chi connectivity index (χ4v) is 3.74. The number of thiophene rings is 1. The Morgan fingerprint density at radius 2 is 1.87 bits per heavy atom. The Hall–Kier alpha value is -3.61. The Kier molecular flexibility index (Phi) is 5.63. The van der Waals surface area contributed by atoms with Crippen LogP contribution in [0.1, 0.15) is 22.8 Å². The second-order valence-electron chi connectivity index (χ2n) is 6.59. The molecule has 164 valence electrons. The van der Waals surface area contributed by atoms with Gasteiger partial charge in [-0.25, -0.2) is 4.79 Å². The molecule has 1 fully saturated rings. The van der Waals surface area contributed by atoms with Gasteiger partial charge in [-0.2, -0.15) is 0 Å². The molecule has 1 aromatic heterocycles. The number of nitrogens with two attached hydrogens (primary N) is 1. The van der Waals surface area contributed by atoms with E-state index in [1.165, 1.54) is 30.5 Å². The summed E-state index contributed by atoms with van der Waals surface area (Å²) >= 11 is 1.04. The number of hydrogen-bond acceptors (Lipinski definition) is 6. The molecule has 1 aromatic carbocycles. The quantitative estimate of drug-likeness (QED) is 0.574. The van der Waals surface area contributed by atoms with E-state index >= 15 is 0 Å². The van der Waals surface area contributed by atoms with E-state index in [0.717, 1.165) is 23.5 Å². The molecular weight excluding hydrogens is 441 g/mol. The van der Waals surface area contributed by atoms with Gasteiger partial charge < -0.3 is 21.1 Å². The highest BCUT2D eigenvalue weighted by atomic mass is 32.1. The number of imide groups is 1. The van der Waals surface area contributed by atoms with Gasteiger partial charge in [0.25, 0.3) is 11.8 Å². The van der Waals surface area contributed by atoms with E-state index in [1.807, 2.05) is 0 Å². The molecule has 1 saturated heterocycles. The molecule has 13 heteroatoms. The van der Waals surface area contributed by atoms with Crippen molar-refractivity contribution < 1.29 is 37.1 Å². The number of nitrogens with one attached hydrogen (secondary N) is 2. The minimum atomic E-state index is -4.87. The Bertz CT molecular complexity index is 1050. The molecule has 31 heavy (non-hydrogen) atoms. The summed E-state index contributed by atoms with van der Waals surface area (Å²) in [5, 5.41) is 6.56. The molecular formula is C18H15F3N4O5S. The van der Waals surface area contributed by atoms with Crippen molar-refractivity contribution >= 4 is 40.1 Å². The van der Waals surface area contributed by atoms with Crippen LogP contribution in [-0.4, -0.2) is 41.6 Å². The zero-order chi connectivity index (χ0) is 23.0. The monoisotopic (exact) mass is 456 g/mol. The van der Waals surface area contributed by atoms with Crippen molar-refractivity contribution in [1.29, 1.82) is 0 Å². The molecule has 0 radical (unpaired) electrons. The van der Waals surface area contributed by atoms with Crippen molar-refractivity contribution in [3.05, 3.63) is 46.8 Å². The molecule has 0 bridgehead atoms. The smallest absolute Gasteiger partial charge is 0.406 e. The highest BCUT2D eigenvalue weighted by Gasteiger charge is 2.49. The SMILES string of the molecule is CC1(c2ccc(OC(F)(F)F)cc2)NC(=O)N(CC(=O)Nc2sccc2C(N)=O)C1=O. The molecule has 1 aliphatic heterocycles. The van der Waals surface area contributed by atoms with Crippen molar-refractivity contribution in [3.63, 3.8) is 0 Å². The summed E-state index contributed by atoms with van der Waals surface area (Å²) < 4.78 is 40.7. The lowest BCUT2D eigenvalue weighted by molar-refractivity contribution is -0.274. The average molecular weight is 456 g/mol. The van der Waals surface area contributed by atoms with E-state index in [-0.39, 0.29) is 16.1 Å². The molecule has 5 amide bonds. The normalized spacial score (nSPS) is 18.6. The first-order valence-corrected chi connectivity index (χ1v) is 9.46. The Balaban J connectivity index is 1.73. The Morgan fingerprint density at radius 3 is 2.45 bits per heavy atom. The maximum absolute atomic E-state index is 12.8. The van der Waals surface area contributed by atoms with Gasteiger partial charge in [0.2, 0.25) is 5.91 Å². The predicted molar refractivity (Wildman–Crippen MR) is 102 cm³/mol. The van der Waals surface area contributed by atoms with Gasteiger partial charge in [0.1, 0.15) is 22.8 Å². The van der Waals surface area contributed by atoms with Crippen molar-refractivity contribution in [1.82, 2.24) is 10.2 Å². The number of ether oxygens (including phenoxy) is 1. The number of anilines is 1. The number of hydrogen-bond donors (Lipinski definition) is 3. The maximum atomic E-state index is 12.8. The first-order valence-electron chi connectivity index (χ1n) is 8.58. The van der Waals surface area contributed by atoms with Crippen LogP contribution in [0, 0.1) is 0 Å². The third-order valence-corrected chi connectivity index (χ3v) is 5.26. The van der Waals surface area contributed by atoms with Crippen LogP contribution in [0.5, 0.6) is 5.75 Å². The summed E-state index contributed by atoms with van der Waals surface area (Å²) in [7, 11) is 0. The minimum Gasteiger partial charge on any atom is -0.406 e. The highest BCUT2D eigenvalue weighted by Crippen LogP contribution is 2.31. The molecule has 4 N–H and O–H groups in total. The number of rotatable bonds is 6. The fraction of sp³-hybridized carbons (Fsp3) is 0.222. The van der Waals surface area contributed by atoms with Crippen LogP contribution in [0.2, 0.25) is 0 Å². The van der Waals surface area contributed by atoms with Crippen molar-refractivity contribution in [2.24, 2.45) is 5.73 Å². The first kappa shape index (κ1) is 22.1. The lowest BCUT2D eigenvalue weighted by atomic mass is 9.92. The van der Waals surface area contributed by atoms with Gasteiger partial charge in [-0.3, -0.25) is 19.3 Å². The molecule has 0 spiro atoms. The molecule has 0 aliphatic carbocycles. The number of primary amides is 1. The van der Waals surface area contributed by atoms with Gasteiger partial charge in [0, 0.05) is 0 Å². The van der Waals surface area contributed by atoms with Crippen LogP contribution in [0.25, 0.3) is 0 Å². The van der Waals surface area contributed by atoms with Crippen LogP contribution in [0.15, 0.2) is 35.7 Å². The summed E-state index contributed by atoms with van der Waals surface area (Å²) in [5.74, 6) is -2.77. The largest absolute Gasteiger partial charge is 0.573 e. The van der Waals surface area contributed by atoms with E-state index in [9.17, 15) is 32.3 Å². The summed E-state index contributed by atoms with van der Waals surface area (Å²) in [6, 6.07) is 4.97. The van der Waals surface area contributed by atoms with Gasteiger partial charge in [-0.1, -0.05) is 12.1 Å². The molecule has 0 saturated carbocycles. The molecule has 1 unspecified atom stereocenters. The number of urea groups is 1. The minimum absolute atomic E-state index is 0.0848. The average Bonchev–Trinajstić information content (AvgIpc) is 3.20. The summed E-state index contributed by atoms with van der Waals surface area (Å²) in [4.78, 5) is 49.5. The highest BCUT2D eigenvalue weighted by molar-refractivity contribution is 7.14. The van der Waals surface area contributed by atoms with Gasteiger partial charge in [-0.05, 0) is 36.1 Å². The maximum Gasteiger partial charge on any atom is 0.573 e. The molecule has 9 nitrogen and oxygen atoms in total. The number of alkyl halides is 3. The van der Waals surface area contributed by atoms with E-state index in [2.05, 4.69) is 15.4 Å². The fourth-order valence-electron chi connectivity index (χ4n) is 2.94. The summed E-state index contributed by atoms with van der Waals surface area (Å²) in [5.41, 5.74) is 3.88. The number of carbonyl (C=O) groups excluding carboxylic acids is 4. The lowest BCUT2D eigenvalue weighted by Crippen LogP contribution is -2.42. The van der Waals surface area contributed by atoms with E-state index < -0.39 is 47.9 Å². The van der Waals surface area contributed by atoms with E-state index in [0.29, 0.717) is 4.90 Å². The van der Waals surface area contributed by atoms with Gasteiger partial charge in [-0.15, -0.1) is 24.5 Å². The van der Waals surface area contributed by atoms with Crippen LogP contribution >= 0.6 is 11.3 Å². The van der Waals surface area contributed by atoms with Crippen molar-refractivity contribution in [2.75, 3.05) is 11.9 Å². The summed E-state index contributed by atoms with van der Waals surface area (Å²) in [6.07, 6.45) is -4.87. The van der Waals surface area contributed by atoms with E-state index in [1.54, 1.807) is 0 Å². The second-order valence-corrected chi connectivity index (χ2v) is 7.51. The van der Waals surface area contributed by atoms with Crippen LogP contribution in [-0.2, 0) is 15.1 Å². The van der Waals surface area contributed by atoms with Crippen molar-refractivity contribution in [2.45, 2.75) is 18.8 Å². The zero-order valence-corrected chi connectivity index (χ0v) is 16.6. The lowest BCUT2D eigenvalue weighted by Gasteiger charge is -2.22. The standard InChI is InChI=1S/C18H15F3N4O5S/c1-17(9-2-4-10(5-3-9)30-18(19,20)21)15(28)25(16(29)24-17)8-12(26)23-14-11(13(22)27)6-7-31-14/h2-7H,8H2,1H3,(H2,22,27)(H,23,26)(H,24,29). The van der Waals surface area contributed by atoms with E-state index in [4.69, 9.17) is 5.73 Å². The number of halogens is 3. The van der Waals surface area contributed by atoms with Gasteiger partial charge in [0.15, 0.2) is 0 Å².